The Hall–Kier alpha value is -1.27. The Kier molecular flexibility index (Phi) is 5.25. The molecule has 1 aromatic rings. The first-order chi connectivity index (χ1) is 9.65. The third-order valence-corrected chi connectivity index (χ3v) is 4.79. The van der Waals surface area contributed by atoms with E-state index in [9.17, 15) is 0 Å². The first kappa shape index (κ1) is 15.1. The van der Waals surface area contributed by atoms with Crippen molar-refractivity contribution in [2.45, 2.75) is 37.6 Å². The number of amidine groups is 1. The van der Waals surface area contributed by atoms with E-state index in [1.165, 1.54) is 18.4 Å². The van der Waals surface area contributed by atoms with E-state index in [2.05, 4.69) is 5.16 Å². The van der Waals surface area contributed by atoms with Crippen LogP contribution >= 0.6 is 11.8 Å². The predicted octanol–water partition coefficient (Wildman–Crippen LogP) is 1.78. The van der Waals surface area contributed by atoms with Crippen LogP contribution in [0, 0.1) is 5.92 Å². The number of aliphatic hydroxyl groups is 1. The van der Waals surface area contributed by atoms with E-state index in [0.29, 0.717) is 5.56 Å². The molecule has 0 saturated carbocycles. The standard InChI is InChI=1S/C14H21N3O2S/c1-9(7-18)8-20-14-11(13(15)17-19)6-10-4-2-3-5-12(10)16-14/h6,9,18-19H,2-5,7-8H2,1H3,(H2,15,17). The van der Waals surface area contributed by atoms with Crippen LogP contribution < -0.4 is 5.73 Å². The first-order valence-corrected chi connectivity index (χ1v) is 7.88. The van der Waals surface area contributed by atoms with Gasteiger partial charge < -0.3 is 16.0 Å². The van der Waals surface area contributed by atoms with E-state index in [-0.39, 0.29) is 18.4 Å². The number of oxime groups is 1. The van der Waals surface area contributed by atoms with Gasteiger partial charge in [-0.25, -0.2) is 4.98 Å². The lowest BCUT2D eigenvalue weighted by molar-refractivity contribution is 0.250. The average molecular weight is 295 g/mol. The van der Waals surface area contributed by atoms with E-state index in [4.69, 9.17) is 21.0 Å². The number of hydrogen-bond acceptors (Lipinski definition) is 5. The van der Waals surface area contributed by atoms with Gasteiger partial charge in [-0.1, -0.05) is 12.1 Å². The number of nitrogens with zero attached hydrogens (tertiary/aromatic N) is 2. The molecular weight excluding hydrogens is 274 g/mol. The van der Waals surface area contributed by atoms with Crippen LogP contribution in [0.15, 0.2) is 16.2 Å². The Labute approximate surface area is 123 Å². The summed E-state index contributed by atoms with van der Waals surface area (Å²) in [7, 11) is 0. The Bertz CT molecular complexity index is 505. The van der Waals surface area contributed by atoms with Crippen molar-refractivity contribution < 1.29 is 10.3 Å². The molecule has 110 valence electrons. The minimum atomic E-state index is 0.102. The van der Waals surface area contributed by atoms with Crippen LogP contribution in [0.4, 0.5) is 0 Å². The second-order valence-corrected chi connectivity index (χ2v) is 6.25. The zero-order chi connectivity index (χ0) is 14.5. The molecule has 1 aliphatic rings. The van der Waals surface area contributed by atoms with Crippen LogP contribution in [0.1, 0.15) is 36.6 Å². The van der Waals surface area contributed by atoms with Crippen molar-refractivity contribution in [1.29, 1.82) is 0 Å². The number of aryl methyl sites for hydroxylation is 2. The van der Waals surface area contributed by atoms with Crippen LogP contribution in [0.25, 0.3) is 0 Å². The summed E-state index contributed by atoms with van der Waals surface area (Å²) in [5.41, 5.74) is 8.80. The predicted molar refractivity (Wildman–Crippen MR) is 80.4 cm³/mol. The van der Waals surface area contributed by atoms with Crippen molar-refractivity contribution in [1.82, 2.24) is 4.98 Å². The normalized spacial score (nSPS) is 16.8. The molecule has 1 aliphatic carbocycles. The molecule has 0 amide bonds. The molecule has 20 heavy (non-hydrogen) atoms. The van der Waals surface area contributed by atoms with Crippen molar-refractivity contribution in [2.24, 2.45) is 16.8 Å². The van der Waals surface area contributed by atoms with Crippen molar-refractivity contribution in [2.75, 3.05) is 12.4 Å². The van der Waals surface area contributed by atoms with Gasteiger partial charge in [0, 0.05) is 18.1 Å². The molecule has 0 bridgehead atoms. The molecule has 0 aromatic carbocycles. The smallest absolute Gasteiger partial charge is 0.172 e. The van der Waals surface area contributed by atoms with Gasteiger partial charge in [-0.15, -0.1) is 11.8 Å². The van der Waals surface area contributed by atoms with Gasteiger partial charge in [0.05, 0.1) is 5.56 Å². The summed E-state index contributed by atoms with van der Waals surface area (Å²) in [6.45, 7) is 2.13. The van der Waals surface area contributed by atoms with Gasteiger partial charge in [0.15, 0.2) is 5.84 Å². The summed E-state index contributed by atoms with van der Waals surface area (Å²) in [5, 5.41) is 21.9. The molecule has 0 fully saturated rings. The highest BCUT2D eigenvalue weighted by Gasteiger charge is 2.18. The van der Waals surface area contributed by atoms with Gasteiger partial charge in [0.1, 0.15) is 5.03 Å². The average Bonchev–Trinajstić information content (AvgIpc) is 2.50. The summed E-state index contributed by atoms with van der Waals surface area (Å²) < 4.78 is 0. The van der Waals surface area contributed by atoms with Crippen LogP contribution in [0.3, 0.4) is 0 Å². The number of fused-ring (bicyclic) bond motifs is 1. The van der Waals surface area contributed by atoms with Crippen LogP contribution in [0.5, 0.6) is 0 Å². The van der Waals surface area contributed by atoms with Crippen molar-refractivity contribution in [3.63, 3.8) is 0 Å². The second kappa shape index (κ2) is 6.95. The molecule has 0 spiro atoms. The summed E-state index contributed by atoms with van der Waals surface area (Å²) in [4.78, 5) is 4.70. The van der Waals surface area contributed by atoms with Gasteiger partial charge >= 0.3 is 0 Å². The second-order valence-electron chi connectivity index (χ2n) is 5.24. The lowest BCUT2D eigenvalue weighted by Gasteiger charge is -2.18. The molecule has 6 heteroatoms. The molecule has 2 rings (SSSR count). The Morgan fingerprint density at radius 3 is 2.95 bits per heavy atom. The Morgan fingerprint density at radius 2 is 2.25 bits per heavy atom. The van der Waals surface area contributed by atoms with E-state index in [1.54, 1.807) is 11.8 Å². The number of rotatable bonds is 5. The SMILES string of the molecule is CC(CO)CSc1nc2c(cc1C(N)=NO)CCCC2. The summed E-state index contributed by atoms with van der Waals surface area (Å²) in [6.07, 6.45) is 4.33. The zero-order valence-electron chi connectivity index (χ0n) is 11.7. The summed E-state index contributed by atoms with van der Waals surface area (Å²) in [6, 6.07) is 2.00. The van der Waals surface area contributed by atoms with Crippen molar-refractivity contribution >= 4 is 17.6 Å². The van der Waals surface area contributed by atoms with Gasteiger partial charge in [-0.2, -0.15) is 0 Å². The quantitative estimate of drug-likeness (QED) is 0.253. The molecule has 1 unspecified atom stereocenters. The molecule has 1 aromatic heterocycles. The summed E-state index contributed by atoms with van der Waals surface area (Å²) in [5.74, 6) is 1.05. The number of aromatic nitrogens is 1. The zero-order valence-corrected chi connectivity index (χ0v) is 12.5. The van der Waals surface area contributed by atoms with Crippen molar-refractivity contribution in [3.05, 3.63) is 22.9 Å². The Morgan fingerprint density at radius 1 is 1.50 bits per heavy atom. The fourth-order valence-corrected chi connectivity index (χ4v) is 3.28. The molecule has 1 heterocycles. The minimum Gasteiger partial charge on any atom is -0.409 e. The third-order valence-electron chi connectivity index (χ3n) is 3.47. The van der Waals surface area contributed by atoms with Crippen LogP contribution in [-0.2, 0) is 12.8 Å². The highest BCUT2D eigenvalue weighted by molar-refractivity contribution is 7.99. The lowest BCUT2D eigenvalue weighted by atomic mass is 9.95. The molecule has 0 saturated heterocycles. The Balaban J connectivity index is 2.31. The maximum atomic E-state index is 9.11. The van der Waals surface area contributed by atoms with E-state index < -0.39 is 0 Å². The lowest BCUT2D eigenvalue weighted by Crippen LogP contribution is -2.18. The van der Waals surface area contributed by atoms with Crippen LogP contribution in [-0.4, -0.2) is 33.5 Å². The molecular formula is C14H21N3O2S. The number of aliphatic hydroxyl groups excluding tert-OH is 1. The number of pyridine rings is 1. The fraction of sp³-hybridized carbons (Fsp3) is 0.571. The van der Waals surface area contributed by atoms with Gasteiger partial charge in [-0.3, -0.25) is 0 Å². The van der Waals surface area contributed by atoms with Gasteiger partial charge in [0.25, 0.3) is 0 Å². The third kappa shape index (κ3) is 3.43. The molecule has 5 nitrogen and oxygen atoms in total. The number of hydrogen-bond donors (Lipinski definition) is 3. The molecule has 4 N–H and O–H groups in total. The van der Waals surface area contributed by atoms with Crippen molar-refractivity contribution in [3.8, 4) is 0 Å². The molecule has 1 atom stereocenters. The van der Waals surface area contributed by atoms with E-state index >= 15 is 0 Å². The maximum absolute atomic E-state index is 9.11. The highest BCUT2D eigenvalue weighted by atomic mass is 32.2. The summed E-state index contributed by atoms with van der Waals surface area (Å²) >= 11 is 1.55. The van der Waals surface area contributed by atoms with Crippen LogP contribution in [0.2, 0.25) is 0 Å². The first-order valence-electron chi connectivity index (χ1n) is 6.90. The minimum absolute atomic E-state index is 0.102. The monoisotopic (exact) mass is 295 g/mol. The maximum Gasteiger partial charge on any atom is 0.172 e. The highest BCUT2D eigenvalue weighted by Crippen LogP contribution is 2.28. The topological polar surface area (TPSA) is 91.7 Å². The van der Waals surface area contributed by atoms with Gasteiger partial charge in [0.2, 0.25) is 0 Å². The molecule has 0 aliphatic heterocycles. The molecule has 0 radical (unpaired) electrons. The number of nitrogens with two attached hydrogens (primary N) is 1. The largest absolute Gasteiger partial charge is 0.409 e. The van der Waals surface area contributed by atoms with E-state index in [0.717, 1.165) is 29.3 Å². The van der Waals surface area contributed by atoms with E-state index in [1.807, 2.05) is 13.0 Å². The van der Waals surface area contributed by atoms with Gasteiger partial charge in [-0.05, 0) is 43.2 Å². The number of thioether (sulfide) groups is 1. The fourth-order valence-electron chi connectivity index (χ4n) is 2.24.